The minimum atomic E-state index is 0.277. The third-order valence-corrected chi connectivity index (χ3v) is 4.02. The Balaban J connectivity index is 2.21. The van der Waals surface area contributed by atoms with Gasteiger partial charge in [0.15, 0.2) is 0 Å². The van der Waals surface area contributed by atoms with E-state index in [0.717, 1.165) is 17.9 Å². The van der Waals surface area contributed by atoms with Crippen LogP contribution in [0.15, 0.2) is 12.3 Å². The molecule has 0 aliphatic heterocycles. The largest absolute Gasteiger partial charge is 0.261 e. The summed E-state index contributed by atoms with van der Waals surface area (Å²) in [5.41, 5.74) is 2.43. The molecular formula is C10H9Cl2N. The highest BCUT2D eigenvalue weighted by Crippen LogP contribution is 2.55. The van der Waals surface area contributed by atoms with Gasteiger partial charge in [-0.15, -0.1) is 11.6 Å². The molecule has 3 atom stereocenters. The number of pyridine rings is 1. The standard InChI is InChI=1S/C10H9Cl2N/c11-7-1-2-13-10-5-3-6(9(7)10)8(12)4-5/h1-2,5-6,8H,3-4H2/t5-,6+,8-/m0/s1. The number of fused-ring (bicyclic) bond motifs is 5. The molecule has 3 heteroatoms. The van der Waals surface area contributed by atoms with E-state index in [4.69, 9.17) is 23.2 Å². The summed E-state index contributed by atoms with van der Waals surface area (Å²) in [4.78, 5) is 4.39. The van der Waals surface area contributed by atoms with E-state index in [-0.39, 0.29) is 5.38 Å². The van der Waals surface area contributed by atoms with Gasteiger partial charge in [-0.05, 0) is 24.5 Å². The first-order valence-corrected chi connectivity index (χ1v) is 5.37. The summed E-state index contributed by atoms with van der Waals surface area (Å²) in [6.07, 6.45) is 4.03. The van der Waals surface area contributed by atoms with Crippen LogP contribution in [-0.2, 0) is 0 Å². The normalized spacial score (nSPS) is 35.1. The minimum Gasteiger partial charge on any atom is -0.261 e. The van der Waals surface area contributed by atoms with E-state index in [9.17, 15) is 0 Å². The van der Waals surface area contributed by atoms with Crippen LogP contribution < -0.4 is 0 Å². The molecule has 13 heavy (non-hydrogen) atoms. The second-order valence-electron chi connectivity index (χ2n) is 3.88. The molecule has 2 aliphatic carbocycles. The van der Waals surface area contributed by atoms with Crippen molar-refractivity contribution >= 4 is 23.2 Å². The number of nitrogens with zero attached hydrogens (tertiary/aromatic N) is 1. The van der Waals surface area contributed by atoms with Crippen LogP contribution in [0.5, 0.6) is 0 Å². The van der Waals surface area contributed by atoms with Crippen molar-refractivity contribution in [3.63, 3.8) is 0 Å². The lowest BCUT2D eigenvalue weighted by Gasteiger charge is -2.19. The molecule has 0 spiro atoms. The first-order valence-electron chi connectivity index (χ1n) is 4.55. The van der Waals surface area contributed by atoms with Crippen molar-refractivity contribution < 1.29 is 0 Å². The zero-order valence-electron chi connectivity index (χ0n) is 7.00. The van der Waals surface area contributed by atoms with Crippen LogP contribution in [0.25, 0.3) is 0 Å². The molecule has 0 N–H and O–H groups in total. The fourth-order valence-corrected chi connectivity index (χ4v) is 3.40. The van der Waals surface area contributed by atoms with E-state index in [2.05, 4.69) is 4.98 Å². The predicted molar refractivity (Wildman–Crippen MR) is 53.6 cm³/mol. The molecule has 0 aromatic carbocycles. The minimum absolute atomic E-state index is 0.277. The number of hydrogen-bond acceptors (Lipinski definition) is 1. The van der Waals surface area contributed by atoms with E-state index in [1.165, 1.54) is 11.3 Å². The molecule has 0 amide bonds. The first-order chi connectivity index (χ1) is 6.27. The number of halogens is 2. The van der Waals surface area contributed by atoms with Crippen molar-refractivity contribution in [2.45, 2.75) is 30.1 Å². The topological polar surface area (TPSA) is 12.9 Å². The third kappa shape index (κ3) is 0.976. The van der Waals surface area contributed by atoms with Gasteiger partial charge < -0.3 is 0 Å². The summed E-state index contributed by atoms with van der Waals surface area (Å²) in [6.45, 7) is 0. The molecule has 0 saturated heterocycles. The SMILES string of the molecule is Clc1ccnc2c1[C@@H]1C[C@H]2C[C@@H]1Cl. The lowest BCUT2D eigenvalue weighted by atomic mass is 9.96. The Hall–Kier alpha value is -0.270. The maximum absolute atomic E-state index is 6.22. The van der Waals surface area contributed by atoms with Crippen LogP contribution in [0.2, 0.25) is 5.02 Å². The van der Waals surface area contributed by atoms with Crippen LogP contribution in [0.3, 0.4) is 0 Å². The first kappa shape index (κ1) is 8.07. The van der Waals surface area contributed by atoms with Gasteiger partial charge in [-0.25, -0.2) is 0 Å². The molecule has 1 aromatic rings. The molecule has 0 radical (unpaired) electrons. The third-order valence-electron chi connectivity index (χ3n) is 3.21. The van der Waals surface area contributed by atoms with Crippen LogP contribution in [0.1, 0.15) is 35.9 Å². The van der Waals surface area contributed by atoms with E-state index in [0.29, 0.717) is 11.8 Å². The number of aromatic nitrogens is 1. The van der Waals surface area contributed by atoms with E-state index < -0.39 is 0 Å². The van der Waals surface area contributed by atoms with Crippen LogP contribution in [0.4, 0.5) is 0 Å². The van der Waals surface area contributed by atoms with Crippen LogP contribution in [-0.4, -0.2) is 10.4 Å². The maximum atomic E-state index is 6.22. The average Bonchev–Trinajstić information content (AvgIpc) is 2.62. The van der Waals surface area contributed by atoms with Crippen molar-refractivity contribution in [2.75, 3.05) is 0 Å². The van der Waals surface area contributed by atoms with Gasteiger partial charge in [-0.1, -0.05) is 11.6 Å². The molecule has 68 valence electrons. The monoisotopic (exact) mass is 213 g/mol. The Bertz CT molecular complexity index is 364. The summed E-state index contributed by atoms with van der Waals surface area (Å²) in [5.74, 6) is 1.03. The highest BCUT2D eigenvalue weighted by atomic mass is 35.5. The fraction of sp³-hybridized carbons (Fsp3) is 0.500. The smallest absolute Gasteiger partial charge is 0.0485 e. The Morgan fingerprint density at radius 1 is 1.38 bits per heavy atom. The second kappa shape index (κ2) is 2.61. The molecule has 0 unspecified atom stereocenters. The lowest BCUT2D eigenvalue weighted by molar-refractivity contribution is 0.704. The molecule has 1 saturated carbocycles. The summed E-state index contributed by atoms with van der Waals surface area (Å²) in [7, 11) is 0. The Morgan fingerprint density at radius 3 is 3.08 bits per heavy atom. The molecule has 2 aliphatic rings. The van der Waals surface area contributed by atoms with E-state index in [1.54, 1.807) is 6.20 Å². The molecule has 3 rings (SSSR count). The predicted octanol–water partition coefficient (Wildman–Crippen LogP) is 3.32. The van der Waals surface area contributed by atoms with Gasteiger partial charge in [0.05, 0.1) is 0 Å². The lowest BCUT2D eigenvalue weighted by Crippen LogP contribution is -2.11. The summed E-state index contributed by atoms with van der Waals surface area (Å²) >= 11 is 12.4. The van der Waals surface area contributed by atoms with Crippen molar-refractivity contribution in [2.24, 2.45) is 0 Å². The van der Waals surface area contributed by atoms with Crippen molar-refractivity contribution in [1.82, 2.24) is 4.98 Å². The summed E-state index contributed by atoms with van der Waals surface area (Å²) in [6, 6.07) is 1.87. The van der Waals surface area contributed by atoms with Crippen LogP contribution in [0, 0.1) is 0 Å². The summed E-state index contributed by atoms with van der Waals surface area (Å²) < 4.78 is 0. The Kier molecular flexibility index (Phi) is 1.62. The maximum Gasteiger partial charge on any atom is 0.0485 e. The van der Waals surface area contributed by atoms with Gasteiger partial charge in [0.1, 0.15) is 0 Å². The zero-order chi connectivity index (χ0) is 9.00. The van der Waals surface area contributed by atoms with Crippen molar-refractivity contribution in [3.05, 3.63) is 28.5 Å². The average molecular weight is 214 g/mol. The second-order valence-corrected chi connectivity index (χ2v) is 4.85. The van der Waals surface area contributed by atoms with Crippen molar-refractivity contribution in [1.29, 1.82) is 0 Å². The van der Waals surface area contributed by atoms with Gasteiger partial charge in [0.25, 0.3) is 0 Å². The van der Waals surface area contributed by atoms with Crippen LogP contribution >= 0.6 is 23.2 Å². The quantitative estimate of drug-likeness (QED) is 0.603. The van der Waals surface area contributed by atoms with Gasteiger partial charge in [0.2, 0.25) is 0 Å². The van der Waals surface area contributed by atoms with Crippen molar-refractivity contribution in [3.8, 4) is 0 Å². The van der Waals surface area contributed by atoms with Gasteiger partial charge in [-0.2, -0.15) is 0 Å². The molecule has 1 heterocycles. The van der Waals surface area contributed by atoms with Gasteiger partial charge in [0, 0.05) is 34.1 Å². The fourth-order valence-electron chi connectivity index (χ4n) is 2.67. The highest BCUT2D eigenvalue weighted by Gasteiger charge is 2.44. The molecular weight excluding hydrogens is 205 g/mol. The highest BCUT2D eigenvalue weighted by molar-refractivity contribution is 6.31. The number of alkyl halides is 1. The Labute approximate surface area is 87.1 Å². The molecule has 2 bridgehead atoms. The zero-order valence-corrected chi connectivity index (χ0v) is 8.52. The number of hydrogen-bond donors (Lipinski definition) is 0. The Morgan fingerprint density at radius 2 is 2.23 bits per heavy atom. The molecule has 1 fully saturated rings. The number of rotatable bonds is 0. The van der Waals surface area contributed by atoms with Gasteiger partial charge in [-0.3, -0.25) is 4.98 Å². The van der Waals surface area contributed by atoms with E-state index >= 15 is 0 Å². The molecule has 1 aromatic heterocycles. The molecule has 1 nitrogen and oxygen atoms in total. The summed E-state index contributed by atoms with van der Waals surface area (Å²) in [5, 5.41) is 1.13. The van der Waals surface area contributed by atoms with E-state index in [1.807, 2.05) is 6.07 Å². The van der Waals surface area contributed by atoms with Gasteiger partial charge >= 0.3 is 0 Å².